The van der Waals surface area contributed by atoms with Crippen LogP contribution in [-0.4, -0.2) is 12.1 Å². The van der Waals surface area contributed by atoms with Crippen molar-refractivity contribution in [3.05, 3.63) is 0 Å². The Labute approximate surface area is 101 Å². The fourth-order valence-electron chi connectivity index (χ4n) is 2.69. The molecule has 96 valence electrons. The van der Waals surface area contributed by atoms with Crippen LogP contribution < -0.4 is 11.5 Å². The van der Waals surface area contributed by atoms with Gasteiger partial charge < -0.3 is 11.5 Å². The molecule has 0 aliphatic heterocycles. The minimum atomic E-state index is 0.503. The molecule has 2 aliphatic carbocycles. The van der Waals surface area contributed by atoms with Crippen LogP contribution in [0.1, 0.15) is 65.2 Å². The summed E-state index contributed by atoms with van der Waals surface area (Å²) < 4.78 is 0. The van der Waals surface area contributed by atoms with Crippen molar-refractivity contribution in [3.63, 3.8) is 0 Å². The topological polar surface area (TPSA) is 52.0 Å². The summed E-state index contributed by atoms with van der Waals surface area (Å²) in [5.41, 5.74) is 11.6. The van der Waals surface area contributed by atoms with Crippen molar-refractivity contribution >= 4 is 0 Å². The molecule has 2 rings (SSSR count). The van der Waals surface area contributed by atoms with Crippen molar-refractivity contribution in [2.45, 2.75) is 77.3 Å². The van der Waals surface area contributed by atoms with Crippen LogP contribution in [0.5, 0.6) is 0 Å². The zero-order valence-corrected chi connectivity index (χ0v) is 11.1. The molecule has 2 nitrogen and oxygen atoms in total. The third kappa shape index (κ3) is 4.84. The smallest absolute Gasteiger partial charge is 0.00645 e. The molecule has 2 heteroatoms. The van der Waals surface area contributed by atoms with Gasteiger partial charge in [-0.2, -0.15) is 0 Å². The highest BCUT2D eigenvalue weighted by Gasteiger charge is 2.16. The van der Waals surface area contributed by atoms with E-state index in [0.717, 1.165) is 11.8 Å². The molecular formula is C14H30N2. The summed E-state index contributed by atoms with van der Waals surface area (Å²) in [5, 5.41) is 0. The van der Waals surface area contributed by atoms with Crippen LogP contribution in [0.3, 0.4) is 0 Å². The Morgan fingerprint density at radius 3 is 1.12 bits per heavy atom. The van der Waals surface area contributed by atoms with Crippen LogP contribution in [0.2, 0.25) is 0 Å². The lowest BCUT2D eigenvalue weighted by Crippen LogP contribution is -2.30. The zero-order valence-electron chi connectivity index (χ0n) is 11.1. The Hall–Kier alpha value is -0.0800. The van der Waals surface area contributed by atoms with Gasteiger partial charge in [0.15, 0.2) is 0 Å². The first kappa shape index (κ1) is 14.0. The molecule has 0 radical (unpaired) electrons. The fourth-order valence-corrected chi connectivity index (χ4v) is 2.69. The van der Waals surface area contributed by atoms with Crippen LogP contribution in [0.15, 0.2) is 0 Å². The van der Waals surface area contributed by atoms with E-state index in [0.29, 0.717) is 12.1 Å². The lowest BCUT2D eigenvalue weighted by atomic mass is 9.87. The van der Waals surface area contributed by atoms with Gasteiger partial charge >= 0.3 is 0 Å². The van der Waals surface area contributed by atoms with E-state index < -0.39 is 0 Å². The Morgan fingerprint density at radius 2 is 0.938 bits per heavy atom. The standard InChI is InChI=1S/2C7H15N/c2*1-6-4-2-3-5-7(6)8/h2*6-7H,2-5,8H2,1H3/t2*6-,7-/m10/s1. The molecule has 4 N–H and O–H groups in total. The molecule has 2 aliphatic rings. The summed E-state index contributed by atoms with van der Waals surface area (Å²) >= 11 is 0. The monoisotopic (exact) mass is 226 g/mol. The van der Waals surface area contributed by atoms with Crippen molar-refractivity contribution in [2.24, 2.45) is 23.3 Å². The molecule has 2 saturated carbocycles. The maximum absolute atomic E-state index is 5.78. The Balaban J connectivity index is 0.000000160. The molecule has 0 heterocycles. The van der Waals surface area contributed by atoms with E-state index in [1.165, 1.54) is 51.4 Å². The van der Waals surface area contributed by atoms with Crippen LogP contribution in [0.25, 0.3) is 0 Å². The number of hydrogen-bond acceptors (Lipinski definition) is 2. The summed E-state index contributed by atoms with van der Waals surface area (Å²) in [6.45, 7) is 4.51. The predicted octanol–water partition coefficient (Wildman–Crippen LogP) is 3.05. The van der Waals surface area contributed by atoms with Crippen molar-refractivity contribution in [1.82, 2.24) is 0 Å². The SMILES string of the molecule is C[C@@H]1CCCC[C@H]1N.C[C@H]1CCCC[C@@H]1N. The van der Waals surface area contributed by atoms with Gasteiger partial charge in [0.25, 0.3) is 0 Å². The van der Waals surface area contributed by atoms with E-state index in [1.54, 1.807) is 0 Å². The first-order valence-electron chi connectivity index (χ1n) is 7.12. The van der Waals surface area contributed by atoms with E-state index in [-0.39, 0.29) is 0 Å². The number of nitrogens with two attached hydrogens (primary N) is 2. The first-order chi connectivity index (χ1) is 7.61. The summed E-state index contributed by atoms with van der Waals surface area (Å²) in [5.74, 6) is 1.56. The van der Waals surface area contributed by atoms with Gasteiger partial charge in [-0.05, 0) is 37.5 Å². The molecule has 0 aromatic carbocycles. The van der Waals surface area contributed by atoms with Crippen molar-refractivity contribution in [2.75, 3.05) is 0 Å². The Kier molecular flexibility index (Phi) is 6.37. The number of hydrogen-bond donors (Lipinski definition) is 2. The minimum absolute atomic E-state index is 0.503. The quantitative estimate of drug-likeness (QED) is 0.667. The normalized spacial score (nSPS) is 39.8. The summed E-state index contributed by atoms with van der Waals surface area (Å²) in [4.78, 5) is 0. The molecule has 4 atom stereocenters. The van der Waals surface area contributed by atoms with Crippen molar-refractivity contribution < 1.29 is 0 Å². The molecule has 16 heavy (non-hydrogen) atoms. The van der Waals surface area contributed by atoms with E-state index in [2.05, 4.69) is 13.8 Å². The highest BCUT2D eigenvalue weighted by molar-refractivity contribution is 4.74. The summed E-state index contributed by atoms with van der Waals surface area (Å²) in [6.07, 6.45) is 10.7. The third-order valence-corrected chi connectivity index (χ3v) is 4.36. The lowest BCUT2D eigenvalue weighted by molar-refractivity contribution is 0.331. The molecule has 0 aromatic heterocycles. The van der Waals surface area contributed by atoms with Crippen LogP contribution in [0.4, 0.5) is 0 Å². The van der Waals surface area contributed by atoms with Crippen molar-refractivity contribution in [3.8, 4) is 0 Å². The van der Waals surface area contributed by atoms with Crippen LogP contribution in [0, 0.1) is 11.8 Å². The minimum Gasteiger partial charge on any atom is -0.327 e. The Morgan fingerprint density at radius 1 is 0.625 bits per heavy atom. The second kappa shape index (κ2) is 7.29. The van der Waals surface area contributed by atoms with E-state index >= 15 is 0 Å². The van der Waals surface area contributed by atoms with Gasteiger partial charge in [-0.15, -0.1) is 0 Å². The molecule has 0 bridgehead atoms. The summed E-state index contributed by atoms with van der Waals surface area (Å²) in [7, 11) is 0. The van der Waals surface area contributed by atoms with Gasteiger partial charge in [-0.25, -0.2) is 0 Å². The Bertz CT molecular complexity index is 142. The maximum Gasteiger partial charge on any atom is 0.00645 e. The molecule has 0 spiro atoms. The van der Waals surface area contributed by atoms with Crippen LogP contribution >= 0.6 is 0 Å². The van der Waals surface area contributed by atoms with Gasteiger partial charge in [0.05, 0.1) is 0 Å². The second-order valence-corrected chi connectivity index (χ2v) is 5.85. The average molecular weight is 226 g/mol. The molecule has 0 unspecified atom stereocenters. The first-order valence-corrected chi connectivity index (χ1v) is 7.12. The van der Waals surface area contributed by atoms with Crippen LogP contribution in [-0.2, 0) is 0 Å². The number of rotatable bonds is 0. The third-order valence-electron chi connectivity index (χ3n) is 4.36. The van der Waals surface area contributed by atoms with Crippen molar-refractivity contribution in [1.29, 1.82) is 0 Å². The lowest BCUT2D eigenvalue weighted by Gasteiger charge is -2.24. The molecular weight excluding hydrogens is 196 g/mol. The van der Waals surface area contributed by atoms with E-state index in [9.17, 15) is 0 Å². The zero-order chi connectivity index (χ0) is 12.0. The highest BCUT2D eigenvalue weighted by Crippen LogP contribution is 2.22. The maximum atomic E-state index is 5.78. The largest absolute Gasteiger partial charge is 0.327 e. The van der Waals surface area contributed by atoms with Gasteiger partial charge in [-0.3, -0.25) is 0 Å². The van der Waals surface area contributed by atoms with Gasteiger partial charge in [0, 0.05) is 12.1 Å². The second-order valence-electron chi connectivity index (χ2n) is 5.85. The average Bonchev–Trinajstić information content (AvgIpc) is 2.28. The van der Waals surface area contributed by atoms with Gasteiger partial charge in [-0.1, -0.05) is 39.5 Å². The highest BCUT2D eigenvalue weighted by atomic mass is 14.7. The van der Waals surface area contributed by atoms with E-state index in [4.69, 9.17) is 11.5 Å². The van der Waals surface area contributed by atoms with Gasteiger partial charge in [0.1, 0.15) is 0 Å². The summed E-state index contributed by atoms with van der Waals surface area (Å²) in [6, 6.07) is 1.01. The van der Waals surface area contributed by atoms with Gasteiger partial charge in [0.2, 0.25) is 0 Å². The predicted molar refractivity (Wildman–Crippen MR) is 71.2 cm³/mol. The van der Waals surface area contributed by atoms with E-state index in [1.807, 2.05) is 0 Å². The molecule has 0 saturated heterocycles. The molecule has 0 aromatic rings. The molecule has 0 amide bonds. The fraction of sp³-hybridized carbons (Fsp3) is 1.00. The molecule has 2 fully saturated rings.